The highest BCUT2D eigenvalue weighted by Crippen LogP contribution is 2.16. The Balaban J connectivity index is 2.88. The van der Waals surface area contributed by atoms with Gasteiger partial charge in [0.2, 0.25) is 10.0 Å². The molecule has 1 aromatic rings. The first-order valence-corrected chi connectivity index (χ1v) is 8.06. The number of rotatable bonds is 7. The second-order valence-corrected chi connectivity index (χ2v) is 7.32. The van der Waals surface area contributed by atoms with Gasteiger partial charge in [0, 0.05) is 0 Å². The molecule has 2 N–H and O–H groups in total. The van der Waals surface area contributed by atoms with Crippen LogP contribution in [0.3, 0.4) is 0 Å². The van der Waals surface area contributed by atoms with Crippen LogP contribution in [-0.2, 0) is 19.6 Å². The van der Waals surface area contributed by atoms with Crippen molar-refractivity contribution in [1.29, 1.82) is 0 Å². The second-order valence-electron chi connectivity index (χ2n) is 5.61. The van der Waals surface area contributed by atoms with Gasteiger partial charge in [-0.2, -0.15) is 4.72 Å². The Hall–Kier alpha value is -1.64. The molecule has 124 valence electrons. The van der Waals surface area contributed by atoms with Crippen LogP contribution in [0.2, 0.25) is 0 Å². The van der Waals surface area contributed by atoms with Gasteiger partial charge in [-0.1, -0.05) is 0 Å². The molecule has 0 saturated heterocycles. The number of carboxylic acids is 1. The predicted molar refractivity (Wildman–Crippen MR) is 80.4 cm³/mol. The quantitative estimate of drug-likeness (QED) is 0.779. The first-order valence-electron chi connectivity index (χ1n) is 6.58. The zero-order valence-electron chi connectivity index (χ0n) is 13.0. The van der Waals surface area contributed by atoms with Crippen LogP contribution in [0.15, 0.2) is 29.2 Å². The van der Waals surface area contributed by atoms with Crippen LogP contribution in [0.5, 0.6) is 5.75 Å². The third-order valence-corrected chi connectivity index (χ3v) is 4.14. The van der Waals surface area contributed by atoms with Gasteiger partial charge < -0.3 is 14.6 Å². The van der Waals surface area contributed by atoms with Crippen molar-refractivity contribution in [3.63, 3.8) is 0 Å². The highest BCUT2D eigenvalue weighted by Gasteiger charge is 2.27. The van der Waals surface area contributed by atoms with Crippen LogP contribution < -0.4 is 9.46 Å². The molecule has 0 spiro atoms. The van der Waals surface area contributed by atoms with Gasteiger partial charge in [-0.15, -0.1) is 0 Å². The number of hydrogen-bond donors (Lipinski definition) is 2. The zero-order chi connectivity index (χ0) is 17.0. The minimum absolute atomic E-state index is 0.0460. The summed E-state index contributed by atoms with van der Waals surface area (Å²) in [5.41, 5.74) is -0.570. The van der Waals surface area contributed by atoms with Crippen molar-refractivity contribution in [2.75, 3.05) is 13.7 Å². The fourth-order valence-electron chi connectivity index (χ4n) is 1.50. The van der Waals surface area contributed by atoms with Crippen molar-refractivity contribution < 1.29 is 27.8 Å². The molecule has 22 heavy (non-hydrogen) atoms. The second kappa shape index (κ2) is 7.08. The van der Waals surface area contributed by atoms with E-state index in [2.05, 4.69) is 4.72 Å². The van der Waals surface area contributed by atoms with Crippen molar-refractivity contribution in [3.8, 4) is 5.75 Å². The van der Waals surface area contributed by atoms with Crippen molar-refractivity contribution in [2.45, 2.75) is 37.3 Å². The maximum absolute atomic E-state index is 12.2. The van der Waals surface area contributed by atoms with Crippen molar-refractivity contribution in [3.05, 3.63) is 24.3 Å². The molecule has 7 nitrogen and oxygen atoms in total. The van der Waals surface area contributed by atoms with Gasteiger partial charge in [-0.3, -0.25) is 4.79 Å². The molecule has 0 unspecified atom stereocenters. The molecule has 0 aromatic heterocycles. The Morgan fingerprint density at radius 2 is 1.82 bits per heavy atom. The van der Waals surface area contributed by atoms with Crippen LogP contribution in [0.4, 0.5) is 0 Å². The molecular weight excluding hydrogens is 310 g/mol. The summed E-state index contributed by atoms with van der Waals surface area (Å²) in [6.45, 7) is 4.99. The summed E-state index contributed by atoms with van der Waals surface area (Å²) in [4.78, 5) is 11.2. The van der Waals surface area contributed by atoms with Crippen LogP contribution in [-0.4, -0.2) is 44.9 Å². The molecule has 0 fully saturated rings. The summed E-state index contributed by atoms with van der Waals surface area (Å²) in [7, 11) is -2.50. The number of carbonyl (C=O) groups is 1. The van der Waals surface area contributed by atoms with Gasteiger partial charge in [0.15, 0.2) is 0 Å². The Kier molecular flexibility index (Phi) is 5.92. The van der Waals surface area contributed by atoms with Gasteiger partial charge >= 0.3 is 5.97 Å². The molecule has 0 saturated carbocycles. The van der Waals surface area contributed by atoms with E-state index >= 15 is 0 Å². The Labute approximate surface area is 130 Å². The van der Waals surface area contributed by atoms with Crippen molar-refractivity contribution in [2.24, 2.45) is 0 Å². The molecule has 0 aliphatic carbocycles. The summed E-state index contributed by atoms with van der Waals surface area (Å²) < 4.78 is 36.8. The molecule has 0 heterocycles. The van der Waals surface area contributed by atoms with Gasteiger partial charge in [0.25, 0.3) is 0 Å². The Morgan fingerprint density at radius 1 is 1.27 bits per heavy atom. The molecular formula is C14H21NO6S. The van der Waals surface area contributed by atoms with Gasteiger partial charge in [-0.25, -0.2) is 8.42 Å². The predicted octanol–water partition coefficient (Wildman–Crippen LogP) is 1.24. The monoisotopic (exact) mass is 331 g/mol. The molecule has 1 rings (SSSR count). The van der Waals surface area contributed by atoms with E-state index in [9.17, 15) is 13.2 Å². The van der Waals surface area contributed by atoms with Gasteiger partial charge in [0.1, 0.15) is 11.8 Å². The van der Waals surface area contributed by atoms with E-state index in [0.29, 0.717) is 5.75 Å². The number of hydrogen-bond acceptors (Lipinski definition) is 5. The lowest BCUT2D eigenvalue weighted by Crippen LogP contribution is -2.45. The smallest absolute Gasteiger partial charge is 0.324 e. The molecule has 1 aromatic carbocycles. The van der Waals surface area contributed by atoms with E-state index in [4.69, 9.17) is 14.6 Å². The molecule has 0 aliphatic rings. The molecule has 0 amide bonds. The van der Waals surface area contributed by atoms with Crippen LogP contribution in [0.25, 0.3) is 0 Å². The maximum Gasteiger partial charge on any atom is 0.324 e. The SMILES string of the molecule is COc1ccc(S(=O)(=O)N[C@H](COC(C)(C)C)C(=O)O)cc1. The lowest BCUT2D eigenvalue weighted by atomic mass is 10.2. The van der Waals surface area contributed by atoms with E-state index in [1.54, 1.807) is 20.8 Å². The van der Waals surface area contributed by atoms with E-state index < -0.39 is 27.6 Å². The summed E-state index contributed by atoms with van der Waals surface area (Å²) in [5.74, 6) is -0.800. The summed E-state index contributed by atoms with van der Waals surface area (Å²) in [6.07, 6.45) is 0. The third kappa shape index (κ3) is 5.63. The lowest BCUT2D eigenvalue weighted by Gasteiger charge is -2.23. The minimum Gasteiger partial charge on any atom is -0.497 e. The Morgan fingerprint density at radius 3 is 2.23 bits per heavy atom. The number of nitrogens with one attached hydrogen (secondary N) is 1. The van der Waals surface area contributed by atoms with E-state index in [0.717, 1.165) is 0 Å². The number of benzene rings is 1. The largest absolute Gasteiger partial charge is 0.497 e. The summed E-state index contributed by atoms with van der Waals surface area (Å²) in [6, 6.07) is 4.27. The fraction of sp³-hybridized carbons (Fsp3) is 0.500. The number of aliphatic carboxylic acids is 1. The highest BCUT2D eigenvalue weighted by molar-refractivity contribution is 7.89. The molecule has 8 heteroatoms. The van der Waals surface area contributed by atoms with Gasteiger partial charge in [0.05, 0.1) is 24.2 Å². The lowest BCUT2D eigenvalue weighted by molar-refractivity contribution is -0.142. The van der Waals surface area contributed by atoms with E-state index in [-0.39, 0.29) is 11.5 Å². The molecule has 1 atom stereocenters. The zero-order valence-corrected chi connectivity index (χ0v) is 13.8. The average Bonchev–Trinajstić information content (AvgIpc) is 2.42. The normalized spacial score (nSPS) is 13.6. The maximum atomic E-state index is 12.2. The number of carboxylic acid groups (broad SMARTS) is 1. The standard InChI is InChI=1S/C14H21NO6S/c1-14(2,3)21-9-12(13(16)17)15-22(18,19)11-7-5-10(20-4)6-8-11/h5-8,12,15H,9H2,1-4H3,(H,16,17)/t12-/m1/s1. The first kappa shape index (κ1) is 18.4. The van der Waals surface area contributed by atoms with Crippen LogP contribution in [0, 0.1) is 0 Å². The van der Waals surface area contributed by atoms with E-state index in [1.807, 2.05) is 0 Å². The minimum atomic E-state index is -3.96. The molecule has 0 radical (unpaired) electrons. The van der Waals surface area contributed by atoms with Crippen molar-refractivity contribution >= 4 is 16.0 Å². The highest BCUT2D eigenvalue weighted by atomic mass is 32.2. The number of sulfonamides is 1. The number of methoxy groups -OCH3 is 1. The first-order chi connectivity index (χ1) is 10.0. The number of ether oxygens (including phenoxy) is 2. The molecule has 0 aliphatic heterocycles. The molecule has 0 bridgehead atoms. The fourth-order valence-corrected chi connectivity index (χ4v) is 2.67. The topological polar surface area (TPSA) is 102 Å². The van der Waals surface area contributed by atoms with Crippen LogP contribution >= 0.6 is 0 Å². The third-order valence-electron chi connectivity index (χ3n) is 2.65. The summed E-state index contributed by atoms with van der Waals surface area (Å²) in [5, 5.41) is 9.14. The Bertz CT molecular complexity index is 603. The van der Waals surface area contributed by atoms with Gasteiger partial charge in [-0.05, 0) is 45.0 Å². The average molecular weight is 331 g/mol. The summed E-state index contributed by atoms with van der Waals surface area (Å²) >= 11 is 0. The van der Waals surface area contributed by atoms with Crippen LogP contribution in [0.1, 0.15) is 20.8 Å². The van der Waals surface area contributed by atoms with E-state index in [1.165, 1.54) is 31.4 Å². The van der Waals surface area contributed by atoms with Crippen molar-refractivity contribution in [1.82, 2.24) is 4.72 Å².